The third-order valence-corrected chi connectivity index (χ3v) is 1.92. The van der Waals surface area contributed by atoms with Crippen molar-refractivity contribution in [2.75, 3.05) is 5.75 Å². The standard InChI is InChI=1S/C7H14S/c1-4-5-8-6-7(2)3/h6H,4-5H2,1-3H3. The maximum absolute atomic E-state index is 2.21. The maximum atomic E-state index is 2.21. The molecule has 0 heterocycles. The molecule has 0 aliphatic carbocycles. The van der Waals surface area contributed by atoms with Crippen molar-refractivity contribution in [2.45, 2.75) is 27.2 Å². The van der Waals surface area contributed by atoms with E-state index in [1.165, 1.54) is 17.7 Å². The van der Waals surface area contributed by atoms with E-state index in [1.807, 2.05) is 11.8 Å². The van der Waals surface area contributed by atoms with E-state index in [0.29, 0.717) is 0 Å². The predicted molar refractivity (Wildman–Crippen MR) is 42.2 cm³/mol. The SMILES string of the molecule is CCCSC=C(C)C. The van der Waals surface area contributed by atoms with Crippen molar-refractivity contribution < 1.29 is 0 Å². The Hall–Kier alpha value is 0.0900. The number of hydrogen-bond donors (Lipinski definition) is 0. The van der Waals surface area contributed by atoms with E-state index >= 15 is 0 Å². The molecule has 8 heavy (non-hydrogen) atoms. The summed E-state index contributed by atoms with van der Waals surface area (Å²) in [5, 5.41) is 2.21. The van der Waals surface area contributed by atoms with Gasteiger partial charge in [-0.2, -0.15) is 0 Å². The number of hydrogen-bond acceptors (Lipinski definition) is 1. The molecule has 0 rings (SSSR count). The highest BCUT2D eigenvalue weighted by Gasteiger charge is 1.77. The first-order valence-corrected chi connectivity index (χ1v) is 4.07. The van der Waals surface area contributed by atoms with Crippen molar-refractivity contribution in [3.05, 3.63) is 11.0 Å². The fourth-order valence-electron chi connectivity index (χ4n) is 0.343. The Labute approximate surface area is 56.4 Å². The van der Waals surface area contributed by atoms with E-state index in [9.17, 15) is 0 Å². The van der Waals surface area contributed by atoms with Gasteiger partial charge in [-0.1, -0.05) is 12.5 Å². The summed E-state index contributed by atoms with van der Waals surface area (Å²) >= 11 is 1.90. The maximum Gasteiger partial charge on any atom is -0.00286 e. The van der Waals surface area contributed by atoms with Crippen LogP contribution < -0.4 is 0 Å². The lowest BCUT2D eigenvalue weighted by atomic mass is 10.4. The molecule has 0 saturated carbocycles. The molecule has 0 amide bonds. The van der Waals surface area contributed by atoms with Gasteiger partial charge in [0.2, 0.25) is 0 Å². The van der Waals surface area contributed by atoms with Gasteiger partial charge in [0, 0.05) is 0 Å². The summed E-state index contributed by atoms with van der Waals surface area (Å²) < 4.78 is 0. The van der Waals surface area contributed by atoms with Crippen LogP contribution >= 0.6 is 11.8 Å². The topological polar surface area (TPSA) is 0 Å². The second-order valence-electron chi connectivity index (χ2n) is 2.07. The zero-order valence-corrected chi connectivity index (χ0v) is 6.72. The summed E-state index contributed by atoms with van der Waals surface area (Å²) in [6, 6.07) is 0. The van der Waals surface area contributed by atoms with Crippen molar-refractivity contribution in [3.63, 3.8) is 0 Å². The fourth-order valence-corrected chi connectivity index (χ4v) is 1.03. The molecule has 0 aromatic carbocycles. The molecular weight excluding hydrogens is 116 g/mol. The monoisotopic (exact) mass is 130 g/mol. The van der Waals surface area contributed by atoms with E-state index in [1.54, 1.807) is 0 Å². The molecule has 0 bridgehead atoms. The summed E-state index contributed by atoms with van der Waals surface area (Å²) in [5.74, 6) is 1.26. The van der Waals surface area contributed by atoms with Gasteiger partial charge in [0.1, 0.15) is 0 Å². The molecule has 0 aromatic heterocycles. The second kappa shape index (κ2) is 5.23. The predicted octanol–water partition coefficient (Wildman–Crippen LogP) is 3.05. The number of rotatable bonds is 3. The van der Waals surface area contributed by atoms with E-state index in [-0.39, 0.29) is 0 Å². The van der Waals surface area contributed by atoms with Crippen LogP contribution in [0, 0.1) is 0 Å². The zero-order chi connectivity index (χ0) is 6.41. The highest BCUT2D eigenvalue weighted by Crippen LogP contribution is 2.06. The van der Waals surface area contributed by atoms with Gasteiger partial charge in [-0.15, -0.1) is 11.8 Å². The van der Waals surface area contributed by atoms with Crippen LogP contribution in [0.2, 0.25) is 0 Å². The molecule has 0 N–H and O–H groups in total. The Kier molecular flexibility index (Phi) is 5.29. The van der Waals surface area contributed by atoms with Gasteiger partial charge < -0.3 is 0 Å². The van der Waals surface area contributed by atoms with E-state index in [4.69, 9.17) is 0 Å². The summed E-state index contributed by atoms with van der Waals surface area (Å²) in [4.78, 5) is 0. The third kappa shape index (κ3) is 6.09. The summed E-state index contributed by atoms with van der Waals surface area (Å²) in [6.45, 7) is 6.46. The van der Waals surface area contributed by atoms with E-state index in [0.717, 1.165) is 0 Å². The molecule has 0 fully saturated rings. The number of allylic oxidation sites excluding steroid dienone is 1. The lowest BCUT2D eigenvalue weighted by molar-refractivity contribution is 1.11. The van der Waals surface area contributed by atoms with Crippen molar-refractivity contribution in [3.8, 4) is 0 Å². The van der Waals surface area contributed by atoms with Gasteiger partial charge >= 0.3 is 0 Å². The van der Waals surface area contributed by atoms with Crippen LogP contribution in [0.1, 0.15) is 27.2 Å². The van der Waals surface area contributed by atoms with E-state index < -0.39 is 0 Å². The second-order valence-corrected chi connectivity index (χ2v) is 3.04. The van der Waals surface area contributed by atoms with Gasteiger partial charge in [0.05, 0.1) is 0 Å². The molecule has 0 atom stereocenters. The quantitative estimate of drug-likeness (QED) is 0.529. The summed E-state index contributed by atoms with van der Waals surface area (Å²) in [7, 11) is 0. The average Bonchev–Trinajstić information content (AvgIpc) is 1.66. The van der Waals surface area contributed by atoms with Gasteiger partial charge in [-0.05, 0) is 31.4 Å². The average molecular weight is 130 g/mol. The Morgan fingerprint density at radius 1 is 1.50 bits per heavy atom. The van der Waals surface area contributed by atoms with Crippen LogP contribution in [-0.4, -0.2) is 5.75 Å². The molecule has 1 heteroatoms. The van der Waals surface area contributed by atoms with Crippen molar-refractivity contribution >= 4 is 11.8 Å². The molecule has 0 aliphatic rings. The van der Waals surface area contributed by atoms with Crippen molar-refractivity contribution in [1.82, 2.24) is 0 Å². The van der Waals surface area contributed by atoms with Crippen LogP contribution in [0.5, 0.6) is 0 Å². The first-order chi connectivity index (χ1) is 3.77. The first-order valence-electron chi connectivity index (χ1n) is 3.02. The minimum Gasteiger partial charge on any atom is -0.134 e. The minimum atomic E-state index is 1.26. The number of thioether (sulfide) groups is 1. The van der Waals surface area contributed by atoms with Crippen LogP contribution in [-0.2, 0) is 0 Å². The van der Waals surface area contributed by atoms with E-state index in [2.05, 4.69) is 26.2 Å². The molecule has 0 aromatic rings. The van der Waals surface area contributed by atoms with Crippen LogP contribution in [0.4, 0.5) is 0 Å². The van der Waals surface area contributed by atoms with Crippen LogP contribution in [0.15, 0.2) is 11.0 Å². The summed E-state index contributed by atoms with van der Waals surface area (Å²) in [6.07, 6.45) is 1.27. The lowest BCUT2D eigenvalue weighted by Gasteiger charge is -1.89. The molecule has 0 aliphatic heterocycles. The van der Waals surface area contributed by atoms with Crippen LogP contribution in [0.25, 0.3) is 0 Å². The lowest BCUT2D eigenvalue weighted by Crippen LogP contribution is -1.68. The smallest absolute Gasteiger partial charge is 0.00286 e. The zero-order valence-electron chi connectivity index (χ0n) is 5.90. The Balaban J connectivity index is 3.03. The van der Waals surface area contributed by atoms with Crippen LogP contribution in [0.3, 0.4) is 0 Å². The minimum absolute atomic E-state index is 1.26. The highest BCUT2D eigenvalue weighted by atomic mass is 32.2. The Morgan fingerprint density at radius 2 is 2.12 bits per heavy atom. The largest absolute Gasteiger partial charge is 0.134 e. The van der Waals surface area contributed by atoms with Gasteiger partial charge in [-0.25, -0.2) is 0 Å². The molecular formula is C7H14S. The molecule has 0 saturated heterocycles. The first kappa shape index (κ1) is 8.09. The van der Waals surface area contributed by atoms with Gasteiger partial charge in [0.25, 0.3) is 0 Å². The van der Waals surface area contributed by atoms with Crippen molar-refractivity contribution in [2.24, 2.45) is 0 Å². The Bertz CT molecular complexity index is 70.5. The molecule has 0 radical (unpaired) electrons. The van der Waals surface area contributed by atoms with Gasteiger partial charge in [0.15, 0.2) is 0 Å². The van der Waals surface area contributed by atoms with Crippen molar-refractivity contribution in [1.29, 1.82) is 0 Å². The molecule has 48 valence electrons. The fraction of sp³-hybridized carbons (Fsp3) is 0.714. The third-order valence-electron chi connectivity index (χ3n) is 0.641. The molecule has 0 spiro atoms. The highest BCUT2D eigenvalue weighted by molar-refractivity contribution is 8.02. The molecule has 0 nitrogen and oxygen atoms in total. The summed E-state index contributed by atoms with van der Waals surface area (Å²) in [5.41, 5.74) is 1.41. The normalized spacial score (nSPS) is 8.88. The molecule has 0 unspecified atom stereocenters. The Morgan fingerprint density at radius 3 is 2.50 bits per heavy atom. The van der Waals surface area contributed by atoms with Gasteiger partial charge in [-0.3, -0.25) is 0 Å².